The second-order valence-corrected chi connectivity index (χ2v) is 8.91. The van der Waals surface area contributed by atoms with Crippen LogP contribution >= 0.6 is 27.3 Å². The minimum absolute atomic E-state index is 0.0958. The summed E-state index contributed by atoms with van der Waals surface area (Å²) in [5.41, 5.74) is 2.48. The van der Waals surface area contributed by atoms with Gasteiger partial charge >= 0.3 is 0 Å². The van der Waals surface area contributed by atoms with Crippen LogP contribution in [0.3, 0.4) is 0 Å². The maximum atomic E-state index is 12.5. The van der Waals surface area contributed by atoms with Crippen LogP contribution in [0.5, 0.6) is 0 Å². The molecule has 136 valence electrons. The Balaban J connectivity index is 1.72. The van der Waals surface area contributed by atoms with E-state index in [1.54, 1.807) is 11.3 Å². The number of carbonyl (C=O) groups is 1. The summed E-state index contributed by atoms with van der Waals surface area (Å²) in [6, 6.07) is 9.87. The van der Waals surface area contributed by atoms with E-state index in [0.717, 1.165) is 26.4 Å². The number of aromatic nitrogens is 3. The Morgan fingerprint density at radius 1 is 1.31 bits per heavy atom. The minimum atomic E-state index is -0.203. The number of halogens is 1. The molecule has 0 unspecified atom stereocenters. The van der Waals surface area contributed by atoms with Crippen molar-refractivity contribution in [3.05, 3.63) is 51.6 Å². The Morgan fingerprint density at radius 2 is 2.08 bits per heavy atom. The Bertz CT molecular complexity index is 939. The van der Waals surface area contributed by atoms with Crippen molar-refractivity contribution < 1.29 is 4.79 Å². The van der Waals surface area contributed by atoms with E-state index < -0.39 is 0 Å². The molecule has 0 saturated carbocycles. The van der Waals surface area contributed by atoms with Crippen molar-refractivity contribution in [3.8, 4) is 10.6 Å². The SMILES string of the molecule is Cc1cc(NC(=O)Cc2csc(-c3cccc(Br)c3)n2)n(C(C)(C)C)n1. The largest absolute Gasteiger partial charge is 0.311 e. The van der Waals surface area contributed by atoms with Crippen LogP contribution in [-0.2, 0) is 16.8 Å². The van der Waals surface area contributed by atoms with E-state index in [9.17, 15) is 4.79 Å². The summed E-state index contributed by atoms with van der Waals surface area (Å²) in [6.07, 6.45) is 0.235. The maximum absolute atomic E-state index is 12.5. The van der Waals surface area contributed by atoms with Crippen LogP contribution in [0.4, 0.5) is 5.82 Å². The van der Waals surface area contributed by atoms with Crippen molar-refractivity contribution in [2.24, 2.45) is 0 Å². The second kappa shape index (κ2) is 7.32. The topological polar surface area (TPSA) is 59.8 Å². The lowest BCUT2D eigenvalue weighted by atomic mass is 10.1. The van der Waals surface area contributed by atoms with Gasteiger partial charge in [-0.15, -0.1) is 11.3 Å². The van der Waals surface area contributed by atoms with E-state index in [2.05, 4.69) is 52.1 Å². The monoisotopic (exact) mass is 432 g/mol. The van der Waals surface area contributed by atoms with Crippen molar-refractivity contribution in [2.45, 2.75) is 39.7 Å². The third-order valence-corrected chi connectivity index (χ3v) is 5.13. The molecular formula is C19H21BrN4OS. The van der Waals surface area contributed by atoms with Gasteiger partial charge in [-0.3, -0.25) is 4.79 Å². The van der Waals surface area contributed by atoms with Crippen molar-refractivity contribution >= 4 is 39.0 Å². The second-order valence-electron chi connectivity index (χ2n) is 7.13. The molecule has 0 aliphatic heterocycles. The van der Waals surface area contributed by atoms with E-state index in [0.29, 0.717) is 5.82 Å². The zero-order valence-corrected chi connectivity index (χ0v) is 17.6. The number of thiazole rings is 1. The first-order valence-electron chi connectivity index (χ1n) is 8.30. The van der Waals surface area contributed by atoms with Gasteiger partial charge in [0.25, 0.3) is 0 Å². The highest BCUT2D eigenvalue weighted by atomic mass is 79.9. The Hall–Kier alpha value is -1.99. The predicted molar refractivity (Wildman–Crippen MR) is 110 cm³/mol. The molecule has 0 fully saturated rings. The summed E-state index contributed by atoms with van der Waals surface area (Å²) in [7, 11) is 0. The molecule has 2 aromatic heterocycles. The zero-order valence-electron chi connectivity index (χ0n) is 15.2. The summed E-state index contributed by atoms with van der Waals surface area (Å²) < 4.78 is 2.85. The molecule has 0 spiro atoms. The summed E-state index contributed by atoms with van der Waals surface area (Å²) in [5.74, 6) is 0.615. The van der Waals surface area contributed by atoms with Crippen LogP contribution in [-0.4, -0.2) is 20.7 Å². The van der Waals surface area contributed by atoms with Gasteiger partial charge in [0.1, 0.15) is 10.8 Å². The average molecular weight is 433 g/mol. The van der Waals surface area contributed by atoms with Gasteiger partial charge in [-0.1, -0.05) is 28.1 Å². The molecule has 5 nitrogen and oxygen atoms in total. The van der Waals surface area contributed by atoms with E-state index in [4.69, 9.17) is 0 Å². The minimum Gasteiger partial charge on any atom is -0.311 e. The summed E-state index contributed by atoms with van der Waals surface area (Å²) >= 11 is 5.01. The lowest BCUT2D eigenvalue weighted by molar-refractivity contribution is -0.115. The molecule has 0 atom stereocenters. The Labute approximate surface area is 165 Å². The highest BCUT2D eigenvalue weighted by molar-refractivity contribution is 9.10. The number of benzene rings is 1. The Kier molecular flexibility index (Phi) is 5.29. The molecule has 3 rings (SSSR count). The number of carbonyl (C=O) groups excluding carboxylic acids is 1. The van der Waals surface area contributed by atoms with Gasteiger partial charge in [-0.05, 0) is 39.8 Å². The molecule has 0 saturated heterocycles. The molecule has 7 heteroatoms. The zero-order chi connectivity index (χ0) is 18.9. The molecule has 2 heterocycles. The molecule has 0 bridgehead atoms. The van der Waals surface area contributed by atoms with E-state index >= 15 is 0 Å². The predicted octanol–water partition coefficient (Wildman–Crippen LogP) is 5.01. The van der Waals surface area contributed by atoms with Crippen LogP contribution in [0.25, 0.3) is 10.6 Å². The summed E-state index contributed by atoms with van der Waals surface area (Å²) in [6.45, 7) is 8.09. The molecule has 1 N–H and O–H groups in total. The van der Waals surface area contributed by atoms with Crippen LogP contribution < -0.4 is 5.32 Å². The standard InChI is InChI=1S/C19H21BrN4OS/c1-12-8-16(24(23-12)19(2,3)4)22-17(25)10-15-11-26-18(21-15)13-6-5-7-14(20)9-13/h5-9,11H,10H2,1-4H3,(H,22,25). The van der Waals surface area contributed by atoms with Crippen molar-refractivity contribution in [1.82, 2.24) is 14.8 Å². The average Bonchev–Trinajstić information content (AvgIpc) is 3.13. The maximum Gasteiger partial charge on any atom is 0.231 e. The first-order valence-corrected chi connectivity index (χ1v) is 9.97. The normalized spacial score (nSPS) is 11.6. The number of hydrogen-bond donors (Lipinski definition) is 1. The van der Waals surface area contributed by atoms with Crippen LogP contribution in [0.2, 0.25) is 0 Å². The third kappa shape index (κ3) is 4.40. The molecule has 0 aliphatic rings. The van der Waals surface area contributed by atoms with E-state index in [1.165, 1.54) is 0 Å². The summed E-state index contributed by atoms with van der Waals surface area (Å²) in [5, 5.41) is 10.3. The first-order chi connectivity index (χ1) is 12.2. The fraction of sp³-hybridized carbons (Fsp3) is 0.316. The number of anilines is 1. The number of rotatable bonds is 4. The highest BCUT2D eigenvalue weighted by Crippen LogP contribution is 2.27. The number of amides is 1. The van der Waals surface area contributed by atoms with Crippen LogP contribution in [0, 0.1) is 6.92 Å². The molecular weight excluding hydrogens is 412 g/mol. The van der Waals surface area contributed by atoms with Crippen molar-refractivity contribution in [3.63, 3.8) is 0 Å². The number of hydrogen-bond acceptors (Lipinski definition) is 4. The van der Waals surface area contributed by atoms with Gasteiger partial charge in [-0.25, -0.2) is 9.67 Å². The van der Waals surface area contributed by atoms with E-state index in [1.807, 2.05) is 47.3 Å². The number of aryl methyl sites for hydroxylation is 1. The molecule has 1 aromatic carbocycles. The lowest BCUT2D eigenvalue weighted by Crippen LogP contribution is -2.27. The quantitative estimate of drug-likeness (QED) is 0.629. The summed E-state index contributed by atoms with van der Waals surface area (Å²) in [4.78, 5) is 17.1. The molecule has 3 aromatic rings. The number of nitrogens with one attached hydrogen (secondary N) is 1. The number of nitrogens with zero attached hydrogens (tertiary/aromatic N) is 3. The van der Waals surface area contributed by atoms with Gasteiger partial charge in [0.15, 0.2) is 0 Å². The van der Waals surface area contributed by atoms with Gasteiger partial charge in [-0.2, -0.15) is 5.10 Å². The fourth-order valence-corrected chi connectivity index (χ4v) is 3.81. The molecule has 1 amide bonds. The highest BCUT2D eigenvalue weighted by Gasteiger charge is 2.20. The van der Waals surface area contributed by atoms with Gasteiger partial charge in [0, 0.05) is 21.5 Å². The van der Waals surface area contributed by atoms with Gasteiger partial charge < -0.3 is 5.32 Å². The first kappa shape index (κ1) is 18.8. The van der Waals surface area contributed by atoms with Gasteiger partial charge in [0.2, 0.25) is 5.91 Å². The molecule has 0 radical (unpaired) electrons. The Morgan fingerprint density at radius 3 is 2.77 bits per heavy atom. The molecule has 26 heavy (non-hydrogen) atoms. The lowest BCUT2D eigenvalue weighted by Gasteiger charge is -2.22. The van der Waals surface area contributed by atoms with Crippen molar-refractivity contribution in [1.29, 1.82) is 0 Å². The smallest absolute Gasteiger partial charge is 0.231 e. The fourth-order valence-electron chi connectivity index (χ4n) is 2.59. The van der Waals surface area contributed by atoms with Crippen LogP contribution in [0.15, 0.2) is 40.2 Å². The van der Waals surface area contributed by atoms with Crippen LogP contribution in [0.1, 0.15) is 32.2 Å². The van der Waals surface area contributed by atoms with E-state index in [-0.39, 0.29) is 17.9 Å². The van der Waals surface area contributed by atoms with Gasteiger partial charge in [0.05, 0.1) is 23.3 Å². The van der Waals surface area contributed by atoms with Crippen molar-refractivity contribution in [2.75, 3.05) is 5.32 Å². The third-order valence-electron chi connectivity index (χ3n) is 3.70. The molecule has 0 aliphatic carbocycles.